The maximum atomic E-state index is 12.7. The molecular formula is C18H19N3O2S2. The van der Waals surface area contributed by atoms with Gasteiger partial charge in [0.2, 0.25) is 5.91 Å². The molecule has 0 saturated heterocycles. The number of hydrogen-bond acceptors (Lipinski definition) is 5. The van der Waals surface area contributed by atoms with Gasteiger partial charge in [-0.25, -0.2) is 4.98 Å². The third-order valence-corrected chi connectivity index (χ3v) is 5.96. The molecule has 0 aliphatic heterocycles. The highest BCUT2D eigenvalue weighted by Crippen LogP contribution is 2.35. The fourth-order valence-corrected chi connectivity index (χ4v) is 4.61. The Morgan fingerprint density at radius 2 is 2.00 bits per heavy atom. The number of aromatic nitrogens is 2. The van der Waals surface area contributed by atoms with Crippen molar-refractivity contribution in [2.75, 3.05) is 14.1 Å². The van der Waals surface area contributed by atoms with Crippen LogP contribution in [-0.4, -0.2) is 34.5 Å². The molecule has 2 heterocycles. The average Bonchev–Trinajstić information content (AvgIpc) is 3.08. The first kappa shape index (κ1) is 17.7. The molecule has 0 saturated carbocycles. The molecule has 2 aromatic heterocycles. The molecule has 0 aliphatic carbocycles. The molecule has 5 nitrogen and oxygen atoms in total. The van der Waals surface area contributed by atoms with Crippen LogP contribution < -0.4 is 5.56 Å². The van der Waals surface area contributed by atoms with Crippen molar-refractivity contribution in [1.29, 1.82) is 0 Å². The summed E-state index contributed by atoms with van der Waals surface area (Å²) in [5, 5.41) is 1.99. The Hall–Kier alpha value is -2.12. The lowest BCUT2D eigenvalue weighted by atomic mass is 10.1. The second-order valence-electron chi connectivity index (χ2n) is 5.72. The smallest absolute Gasteiger partial charge is 0.272 e. The highest BCUT2D eigenvalue weighted by Gasteiger charge is 2.26. The fourth-order valence-electron chi connectivity index (χ4n) is 2.52. The van der Waals surface area contributed by atoms with Crippen LogP contribution in [0, 0.1) is 0 Å². The minimum atomic E-state index is -0.447. The zero-order valence-electron chi connectivity index (χ0n) is 14.3. The minimum absolute atomic E-state index is 0.0292. The van der Waals surface area contributed by atoms with Crippen LogP contribution in [0.1, 0.15) is 17.7 Å². The van der Waals surface area contributed by atoms with Crippen LogP contribution >= 0.6 is 23.1 Å². The molecule has 1 atom stereocenters. The zero-order valence-corrected chi connectivity index (χ0v) is 15.9. The number of rotatable bonds is 5. The van der Waals surface area contributed by atoms with Gasteiger partial charge < -0.3 is 4.90 Å². The number of carbonyl (C=O) groups is 1. The van der Waals surface area contributed by atoms with Gasteiger partial charge in [-0.15, -0.1) is 11.3 Å². The number of hydrogen-bond donors (Lipinski definition) is 0. The van der Waals surface area contributed by atoms with Gasteiger partial charge in [-0.2, -0.15) is 0 Å². The number of thioether (sulfide) groups is 1. The Labute approximate surface area is 154 Å². The summed E-state index contributed by atoms with van der Waals surface area (Å²) >= 11 is 2.73. The van der Waals surface area contributed by atoms with Gasteiger partial charge in [0.15, 0.2) is 5.16 Å². The summed E-state index contributed by atoms with van der Waals surface area (Å²) in [6.45, 7) is 2.43. The summed E-state index contributed by atoms with van der Waals surface area (Å²) in [5.74, 6) is -0.0292. The van der Waals surface area contributed by atoms with E-state index in [2.05, 4.69) is 4.98 Å². The normalized spacial score (nSPS) is 12.3. The fraction of sp³-hybridized carbons (Fsp3) is 0.278. The van der Waals surface area contributed by atoms with Crippen LogP contribution in [-0.2, 0) is 11.3 Å². The van der Waals surface area contributed by atoms with Crippen LogP contribution in [0.15, 0.2) is 51.7 Å². The number of thiophene rings is 1. The third kappa shape index (κ3) is 3.48. The van der Waals surface area contributed by atoms with Crippen molar-refractivity contribution < 1.29 is 4.79 Å². The first-order chi connectivity index (χ1) is 12.0. The van der Waals surface area contributed by atoms with Gasteiger partial charge in [0.25, 0.3) is 5.56 Å². The maximum absolute atomic E-state index is 12.7. The third-order valence-electron chi connectivity index (χ3n) is 3.84. The predicted octanol–water partition coefficient (Wildman–Crippen LogP) is 3.40. The van der Waals surface area contributed by atoms with E-state index < -0.39 is 5.25 Å². The summed E-state index contributed by atoms with van der Waals surface area (Å²) in [6, 6.07) is 11.4. The quantitative estimate of drug-likeness (QED) is 0.508. The Bertz CT molecular complexity index is 948. The number of nitrogens with zero attached hydrogens (tertiary/aromatic N) is 3. The standard InChI is InChI=1S/C18H19N3O2S2/c1-4-21-17(23)15-13(10-11-24-15)19-18(21)25-14(16(22)20(2)3)12-8-6-5-7-9-12/h5-11,14H,4H2,1-3H3. The first-order valence-corrected chi connectivity index (χ1v) is 9.69. The molecule has 1 amide bonds. The lowest BCUT2D eigenvalue weighted by Gasteiger charge is -2.21. The van der Waals surface area contributed by atoms with E-state index in [4.69, 9.17) is 0 Å². The van der Waals surface area contributed by atoms with E-state index in [1.165, 1.54) is 23.1 Å². The molecular weight excluding hydrogens is 354 g/mol. The Morgan fingerprint density at radius 1 is 1.28 bits per heavy atom. The second kappa shape index (κ2) is 7.41. The Kier molecular flexibility index (Phi) is 5.24. The number of carbonyl (C=O) groups excluding carboxylic acids is 1. The molecule has 0 aliphatic rings. The monoisotopic (exact) mass is 373 g/mol. The van der Waals surface area contributed by atoms with Crippen molar-refractivity contribution in [3.8, 4) is 0 Å². The SMILES string of the molecule is CCn1c(SC(C(=O)N(C)C)c2ccccc2)nc2ccsc2c1=O. The van der Waals surface area contributed by atoms with Crippen molar-refractivity contribution in [2.24, 2.45) is 0 Å². The largest absolute Gasteiger partial charge is 0.348 e. The van der Waals surface area contributed by atoms with Crippen molar-refractivity contribution in [1.82, 2.24) is 14.5 Å². The van der Waals surface area contributed by atoms with Gasteiger partial charge in [-0.05, 0) is 23.9 Å². The van der Waals surface area contributed by atoms with Gasteiger partial charge in [0.1, 0.15) is 9.95 Å². The van der Waals surface area contributed by atoms with E-state index in [-0.39, 0.29) is 11.5 Å². The first-order valence-electron chi connectivity index (χ1n) is 7.93. The van der Waals surface area contributed by atoms with E-state index in [0.29, 0.717) is 21.9 Å². The van der Waals surface area contributed by atoms with Crippen LogP contribution in [0.25, 0.3) is 10.2 Å². The lowest BCUT2D eigenvalue weighted by molar-refractivity contribution is -0.128. The Balaban J connectivity index is 2.09. The molecule has 0 N–H and O–H groups in total. The summed E-state index contributed by atoms with van der Waals surface area (Å²) in [7, 11) is 3.47. The van der Waals surface area contributed by atoms with Crippen molar-refractivity contribution >= 4 is 39.2 Å². The van der Waals surface area contributed by atoms with E-state index in [1.54, 1.807) is 23.6 Å². The van der Waals surface area contributed by atoms with Crippen LogP contribution in [0.5, 0.6) is 0 Å². The van der Waals surface area contributed by atoms with Gasteiger partial charge >= 0.3 is 0 Å². The highest BCUT2D eigenvalue weighted by molar-refractivity contribution is 8.00. The molecule has 3 aromatic rings. The van der Waals surface area contributed by atoms with Crippen LogP contribution in [0.2, 0.25) is 0 Å². The number of likely N-dealkylation sites (N-methyl/N-ethyl adjacent to an activating group) is 1. The lowest BCUT2D eigenvalue weighted by Crippen LogP contribution is -2.28. The van der Waals surface area contributed by atoms with E-state index >= 15 is 0 Å². The summed E-state index contributed by atoms with van der Waals surface area (Å²) < 4.78 is 2.30. The van der Waals surface area contributed by atoms with Crippen molar-refractivity contribution in [3.05, 3.63) is 57.7 Å². The van der Waals surface area contributed by atoms with E-state index in [9.17, 15) is 9.59 Å². The van der Waals surface area contributed by atoms with Crippen molar-refractivity contribution in [3.63, 3.8) is 0 Å². The second-order valence-corrected chi connectivity index (χ2v) is 7.71. The van der Waals surface area contributed by atoms with Crippen LogP contribution in [0.3, 0.4) is 0 Å². The molecule has 1 aromatic carbocycles. The molecule has 3 rings (SSSR count). The Morgan fingerprint density at radius 3 is 2.64 bits per heavy atom. The van der Waals surface area contributed by atoms with Gasteiger partial charge in [0, 0.05) is 20.6 Å². The molecule has 1 unspecified atom stereocenters. The van der Waals surface area contributed by atoms with Gasteiger partial charge in [0.05, 0.1) is 5.52 Å². The molecule has 0 radical (unpaired) electrons. The molecule has 25 heavy (non-hydrogen) atoms. The summed E-state index contributed by atoms with van der Waals surface area (Å²) in [6.07, 6.45) is 0. The molecule has 0 spiro atoms. The minimum Gasteiger partial charge on any atom is -0.348 e. The molecule has 0 bridgehead atoms. The molecule has 130 valence electrons. The average molecular weight is 374 g/mol. The summed E-state index contributed by atoms with van der Waals surface area (Å²) in [5.41, 5.74) is 1.54. The van der Waals surface area contributed by atoms with Gasteiger partial charge in [-0.1, -0.05) is 42.1 Å². The zero-order chi connectivity index (χ0) is 18.0. The number of fused-ring (bicyclic) bond motifs is 1. The van der Waals surface area contributed by atoms with Gasteiger partial charge in [-0.3, -0.25) is 14.2 Å². The van der Waals surface area contributed by atoms with E-state index in [0.717, 1.165) is 5.56 Å². The number of amides is 1. The van der Waals surface area contributed by atoms with Crippen LogP contribution in [0.4, 0.5) is 0 Å². The number of benzene rings is 1. The maximum Gasteiger partial charge on any atom is 0.272 e. The summed E-state index contributed by atoms with van der Waals surface area (Å²) in [4.78, 5) is 31.6. The predicted molar refractivity (Wildman–Crippen MR) is 103 cm³/mol. The van der Waals surface area contributed by atoms with E-state index in [1.807, 2.05) is 48.7 Å². The molecule has 0 fully saturated rings. The van der Waals surface area contributed by atoms with Crippen molar-refractivity contribution in [2.45, 2.75) is 23.9 Å². The highest BCUT2D eigenvalue weighted by atomic mass is 32.2. The molecule has 7 heteroatoms. The topological polar surface area (TPSA) is 55.2 Å².